The smallest absolute Gasteiger partial charge is 0.184 e. The van der Waals surface area contributed by atoms with E-state index in [2.05, 4.69) is 42.4 Å². The molecule has 3 N–H and O–H groups in total. The van der Waals surface area contributed by atoms with Crippen LogP contribution in [0, 0.1) is 0 Å². The summed E-state index contributed by atoms with van der Waals surface area (Å²) in [6.45, 7) is 0. The second kappa shape index (κ2) is 6.60. The molecule has 19 heavy (non-hydrogen) atoms. The first-order chi connectivity index (χ1) is 9.06. The number of hydrogen-bond donors (Lipinski definition) is 2. The molecule has 1 aromatic carbocycles. The van der Waals surface area contributed by atoms with Crippen molar-refractivity contribution in [2.24, 2.45) is 10.8 Å². The van der Waals surface area contributed by atoms with Crippen molar-refractivity contribution in [2.75, 3.05) is 0 Å². The summed E-state index contributed by atoms with van der Waals surface area (Å²) < 4.78 is 2.01. The molecule has 0 saturated heterocycles. The number of nitrogens with one attached hydrogen (secondary N) is 1. The van der Waals surface area contributed by atoms with Crippen LogP contribution in [0.5, 0.6) is 0 Å². The quantitative estimate of drug-likeness (QED) is 0.452. The second-order valence-electron chi connectivity index (χ2n) is 3.58. The van der Waals surface area contributed by atoms with Crippen LogP contribution in [0.1, 0.15) is 10.4 Å². The van der Waals surface area contributed by atoms with E-state index in [1.807, 2.05) is 35.7 Å². The van der Waals surface area contributed by atoms with Gasteiger partial charge in [-0.3, -0.25) is 5.43 Å². The lowest BCUT2D eigenvalue weighted by atomic mass is 10.1. The van der Waals surface area contributed by atoms with Gasteiger partial charge in [0.25, 0.3) is 0 Å². The van der Waals surface area contributed by atoms with Crippen LogP contribution in [0.4, 0.5) is 0 Å². The zero-order valence-electron chi connectivity index (χ0n) is 9.56. The summed E-state index contributed by atoms with van der Waals surface area (Å²) >= 11 is 13.3. The Hall–Kier alpha value is -0.760. The van der Waals surface area contributed by atoms with Gasteiger partial charge in [0.2, 0.25) is 0 Å². The minimum Gasteiger partial charge on any atom is -0.375 e. The fourth-order valence-corrected chi connectivity index (χ4v) is 3.33. The predicted molar refractivity (Wildman–Crippen MR) is 91.7 cm³/mol. The molecule has 0 bridgehead atoms. The molecule has 7 heteroatoms. The number of rotatable bonds is 3. The summed E-state index contributed by atoms with van der Waals surface area (Å²) in [4.78, 5) is 1.02. The highest BCUT2D eigenvalue weighted by atomic mass is 79.9. The first kappa shape index (κ1) is 14.6. The van der Waals surface area contributed by atoms with Gasteiger partial charge in [-0.1, -0.05) is 28.1 Å². The van der Waals surface area contributed by atoms with Crippen LogP contribution in [0.25, 0.3) is 0 Å². The van der Waals surface area contributed by atoms with Gasteiger partial charge in [-0.2, -0.15) is 5.10 Å². The first-order valence-corrected chi connectivity index (χ1v) is 8.07. The SMILES string of the molecule is NC(=S)N/N=C(/c1cccc(Br)c1)c1cc(Br)cs1. The van der Waals surface area contributed by atoms with E-state index >= 15 is 0 Å². The zero-order valence-corrected chi connectivity index (χ0v) is 14.4. The molecular weight excluding hydrogens is 410 g/mol. The maximum absolute atomic E-state index is 5.43. The molecular formula is C12H9Br2N3S2. The number of hydrogen-bond acceptors (Lipinski definition) is 3. The van der Waals surface area contributed by atoms with Gasteiger partial charge in [0.05, 0.1) is 4.88 Å². The summed E-state index contributed by atoms with van der Waals surface area (Å²) in [6.07, 6.45) is 0. The molecule has 2 rings (SSSR count). The molecule has 0 aliphatic carbocycles. The van der Waals surface area contributed by atoms with Crippen LogP contribution in [0.2, 0.25) is 0 Å². The second-order valence-corrected chi connectivity index (χ2v) is 6.76. The Bertz CT molecular complexity index is 637. The monoisotopic (exact) mass is 417 g/mol. The van der Waals surface area contributed by atoms with Crippen LogP contribution < -0.4 is 11.2 Å². The summed E-state index contributed by atoms with van der Waals surface area (Å²) in [5.74, 6) is 0. The Labute approximate surface area is 137 Å². The van der Waals surface area contributed by atoms with E-state index < -0.39 is 0 Å². The average Bonchev–Trinajstić information content (AvgIpc) is 2.76. The standard InChI is InChI=1S/C12H9Br2N3S2/c13-8-3-1-2-7(4-8)11(16-17-12(15)18)10-5-9(14)6-19-10/h1-6H,(H3,15,17,18)/b16-11-. The van der Waals surface area contributed by atoms with E-state index in [0.29, 0.717) is 0 Å². The molecule has 0 atom stereocenters. The van der Waals surface area contributed by atoms with Gasteiger partial charge in [0, 0.05) is 19.9 Å². The number of hydrazone groups is 1. The molecule has 1 heterocycles. The number of benzene rings is 1. The van der Waals surface area contributed by atoms with Crippen LogP contribution in [-0.4, -0.2) is 10.8 Å². The number of thiophene rings is 1. The molecule has 0 aliphatic rings. The molecule has 0 fully saturated rings. The Morgan fingerprint density at radius 3 is 2.63 bits per heavy atom. The molecule has 2 aromatic rings. The minimum absolute atomic E-state index is 0.142. The molecule has 0 spiro atoms. The van der Waals surface area contributed by atoms with Crippen molar-refractivity contribution in [3.8, 4) is 0 Å². The van der Waals surface area contributed by atoms with Crippen LogP contribution in [0.3, 0.4) is 0 Å². The lowest BCUT2D eigenvalue weighted by molar-refractivity contribution is 1.03. The van der Waals surface area contributed by atoms with Crippen LogP contribution in [-0.2, 0) is 0 Å². The number of nitrogens with zero attached hydrogens (tertiary/aromatic N) is 1. The molecule has 0 amide bonds. The Morgan fingerprint density at radius 1 is 1.26 bits per heavy atom. The summed E-state index contributed by atoms with van der Waals surface area (Å²) in [7, 11) is 0. The van der Waals surface area contributed by atoms with Gasteiger partial charge in [0.1, 0.15) is 5.71 Å². The van der Waals surface area contributed by atoms with E-state index in [1.54, 1.807) is 11.3 Å². The summed E-state index contributed by atoms with van der Waals surface area (Å²) in [5, 5.41) is 6.43. The van der Waals surface area contributed by atoms with Crippen LogP contribution >= 0.6 is 55.4 Å². The predicted octanol–water partition coefficient (Wildman–Crippen LogP) is 3.86. The largest absolute Gasteiger partial charge is 0.375 e. The molecule has 0 saturated carbocycles. The van der Waals surface area contributed by atoms with Gasteiger partial charge in [0.15, 0.2) is 5.11 Å². The number of halogens is 2. The van der Waals surface area contributed by atoms with E-state index in [0.717, 1.165) is 25.1 Å². The number of thiocarbonyl (C=S) groups is 1. The lowest BCUT2D eigenvalue weighted by Gasteiger charge is -2.06. The van der Waals surface area contributed by atoms with Gasteiger partial charge in [-0.25, -0.2) is 0 Å². The summed E-state index contributed by atoms with van der Waals surface area (Å²) in [5.41, 5.74) is 9.85. The molecule has 1 aromatic heterocycles. The van der Waals surface area contributed by atoms with Crippen molar-refractivity contribution in [2.45, 2.75) is 0 Å². The van der Waals surface area contributed by atoms with E-state index in [-0.39, 0.29) is 5.11 Å². The fraction of sp³-hybridized carbons (Fsp3) is 0. The Morgan fingerprint density at radius 2 is 2.05 bits per heavy atom. The third-order valence-electron chi connectivity index (χ3n) is 2.18. The van der Waals surface area contributed by atoms with E-state index in [1.165, 1.54) is 0 Å². The third-order valence-corrected chi connectivity index (χ3v) is 4.46. The van der Waals surface area contributed by atoms with Gasteiger partial charge in [-0.15, -0.1) is 11.3 Å². The van der Waals surface area contributed by atoms with Gasteiger partial charge in [-0.05, 0) is 46.3 Å². The third kappa shape index (κ3) is 4.10. The highest BCUT2D eigenvalue weighted by Crippen LogP contribution is 2.24. The minimum atomic E-state index is 0.142. The van der Waals surface area contributed by atoms with Crippen molar-refractivity contribution in [3.63, 3.8) is 0 Å². The maximum atomic E-state index is 5.43. The van der Waals surface area contributed by atoms with Crippen molar-refractivity contribution >= 4 is 66.2 Å². The Kier molecular flexibility index (Phi) is 5.09. The summed E-state index contributed by atoms with van der Waals surface area (Å²) in [6, 6.07) is 9.91. The molecule has 0 unspecified atom stereocenters. The van der Waals surface area contributed by atoms with Crippen LogP contribution in [0.15, 0.2) is 49.8 Å². The van der Waals surface area contributed by atoms with Crippen molar-refractivity contribution in [1.82, 2.24) is 5.43 Å². The fourth-order valence-electron chi connectivity index (χ4n) is 1.45. The van der Waals surface area contributed by atoms with Gasteiger partial charge < -0.3 is 5.73 Å². The molecule has 0 aliphatic heterocycles. The zero-order chi connectivity index (χ0) is 13.8. The van der Waals surface area contributed by atoms with Crippen molar-refractivity contribution in [3.05, 3.63) is 55.1 Å². The van der Waals surface area contributed by atoms with E-state index in [4.69, 9.17) is 18.0 Å². The Balaban J connectivity index is 2.45. The maximum Gasteiger partial charge on any atom is 0.184 e. The molecule has 3 nitrogen and oxygen atoms in total. The highest BCUT2D eigenvalue weighted by Gasteiger charge is 2.10. The highest BCUT2D eigenvalue weighted by molar-refractivity contribution is 9.10. The first-order valence-electron chi connectivity index (χ1n) is 5.20. The average molecular weight is 419 g/mol. The topological polar surface area (TPSA) is 50.4 Å². The van der Waals surface area contributed by atoms with Crippen molar-refractivity contribution in [1.29, 1.82) is 0 Å². The number of nitrogens with two attached hydrogens (primary N) is 1. The van der Waals surface area contributed by atoms with E-state index in [9.17, 15) is 0 Å². The molecule has 0 radical (unpaired) electrons. The lowest BCUT2D eigenvalue weighted by Crippen LogP contribution is -2.25. The normalized spacial score (nSPS) is 11.4. The van der Waals surface area contributed by atoms with Crippen molar-refractivity contribution < 1.29 is 0 Å². The molecule has 98 valence electrons. The van der Waals surface area contributed by atoms with Gasteiger partial charge >= 0.3 is 0 Å².